The summed E-state index contributed by atoms with van der Waals surface area (Å²) in [6.45, 7) is 5.47. The van der Waals surface area contributed by atoms with E-state index in [1.807, 2.05) is 16.7 Å². The van der Waals surface area contributed by atoms with Crippen LogP contribution in [0.15, 0.2) is 5.16 Å². The highest BCUT2D eigenvalue weighted by atomic mass is 32.2. The molecule has 1 fully saturated rings. The Morgan fingerprint density at radius 1 is 1.45 bits per heavy atom. The Labute approximate surface area is 126 Å². The summed E-state index contributed by atoms with van der Waals surface area (Å²) >= 11 is 1.98. The standard InChI is InChI=1S/C14H27N3O2S/c1-11(2)10-17(6-3-13(15)16-19)14(18)9-12-4-7-20-8-5-12/h11-12,19H,3-10H2,1-2H3,(H2,15,16). The molecule has 0 radical (unpaired) electrons. The number of carbonyl (C=O) groups is 1. The van der Waals surface area contributed by atoms with Crippen LogP contribution in [0.2, 0.25) is 0 Å². The van der Waals surface area contributed by atoms with Crippen LogP contribution in [0.5, 0.6) is 0 Å². The van der Waals surface area contributed by atoms with Crippen LogP contribution in [-0.2, 0) is 4.79 Å². The van der Waals surface area contributed by atoms with Crippen molar-refractivity contribution in [3.8, 4) is 0 Å². The fourth-order valence-electron chi connectivity index (χ4n) is 2.38. The van der Waals surface area contributed by atoms with Crippen molar-refractivity contribution < 1.29 is 10.0 Å². The van der Waals surface area contributed by atoms with E-state index < -0.39 is 0 Å². The molecule has 116 valence electrons. The molecule has 0 unspecified atom stereocenters. The molecule has 3 N–H and O–H groups in total. The molecule has 0 saturated carbocycles. The van der Waals surface area contributed by atoms with E-state index in [1.165, 1.54) is 11.5 Å². The monoisotopic (exact) mass is 301 g/mol. The Bertz CT molecular complexity index is 328. The van der Waals surface area contributed by atoms with Crippen molar-refractivity contribution in [1.82, 2.24) is 4.90 Å². The lowest BCUT2D eigenvalue weighted by Crippen LogP contribution is -2.38. The molecule has 0 aromatic rings. The van der Waals surface area contributed by atoms with Crippen molar-refractivity contribution in [3.63, 3.8) is 0 Å². The van der Waals surface area contributed by atoms with Gasteiger partial charge in [0, 0.05) is 25.9 Å². The van der Waals surface area contributed by atoms with Crippen molar-refractivity contribution >= 4 is 23.5 Å². The third-order valence-corrected chi connectivity index (χ3v) is 4.56. The lowest BCUT2D eigenvalue weighted by Gasteiger charge is -2.28. The van der Waals surface area contributed by atoms with E-state index in [-0.39, 0.29) is 11.7 Å². The molecule has 5 nitrogen and oxygen atoms in total. The van der Waals surface area contributed by atoms with Crippen molar-refractivity contribution in [2.45, 2.75) is 39.5 Å². The van der Waals surface area contributed by atoms with Gasteiger partial charge < -0.3 is 15.8 Å². The topological polar surface area (TPSA) is 78.9 Å². The second kappa shape index (κ2) is 9.10. The number of amides is 1. The zero-order chi connectivity index (χ0) is 15.0. The van der Waals surface area contributed by atoms with Crippen molar-refractivity contribution in [3.05, 3.63) is 0 Å². The van der Waals surface area contributed by atoms with E-state index in [1.54, 1.807) is 0 Å². The Morgan fingerprint density at radius 3 is 2.65 bits per heavy atom. The van der Waals surface area contributed by atoms with E-state index in [9.17, 15) is 4.79 Å². The van der Waals surface area contributed by atoms with Crippen LogP contribution in [-0.4, -0.2) is 46.4 Å². The summed E-state index contributed by atoms with van der Waals surface area (Å²) in [5.74, 6) is 3.69. The van der Waals surface area contributed by atoms with E-state index in [0.717, 1.165) is 19.4 Å². The molecule has 6 heteroatoms. The average Bonchev–Trinajstić information content (AvgIpc) is 2.43. The maximum Gasteiger partial charge on any atom is 0.222 e. The summed E-state index contributed by atoms with van der Waals surface area (Å²) in [5.41, 5.74) is 5.50. The van der Waals surface area contributed by atoms with Gasteiger partial charge in [-0.2, -0.15) is 11.8 Å². The van der Waals surface area contributed by atoms with Gasteiger partial charge >= 0.3 is 0 Å². The van der Waals surface area contributed by atoms with Crippen LogP contribution >= 0.6 is 11.8 Å². The summed E-state index contributed by atoms with van der Waals surface area (Å²) < 4.78 is 0. The van der Waals surface area contributed by atoms with Crippen LogP contribution < -0.4 is 5.73 Å². The van der Waals surface area contributed by atoms with Gasteiger partial charge in [0.2, 0.25) is 5.91 Å². The summed E-state index contributed by atoms with van der Waals surface area (Å²) in [6, 6.07) is 0. The van der Waals surface area contributed by atoms with Gasteiger partial charge in [-0.05, 0) is 36.2 Å². The Kier molecular flexibility index (Phi) is 7.80. The van der Waals surface area contributed by atoms with Gasteiger partial charge in [-0.25, -0.2) is 0 Å². The summed E-state index contributed by atoms with van der Waals surface area (Å²) in [6.07, 6.45) is 3.36. The lowest BCUT2D eigenvalue weighted by atomic mass is 9.98. The highest BCUT2D eigenvalue weighted by molar-refractivity contribution is 7.99. The molecule has 1 aliphatic rings. The van der Waals surface area contributed by atoms with Gasteiger partial charge in [0.05, 0.1) is 0 Å². The fraction of sp³-hybridized carbons (Fsp3) is 0.857. The molecule has 1 amide bonds. The minimum Gasteiger partial charge on any atom is -0.409 e. The van der Waals surface area contributed by atoms with Gasteiger partial charge in [0.25, 0.3) is 0 Å². The molecular weight excluding hydrogens is 274 g/mol. The normalized spacial score (nSPS) is 17.4. The summed E-state index contributed by atoms with van der Waals surface area (Å²) in [5, 5.41) is 11.6. The minimum atomic E-state index is 0.181. The highest BCUT2D eigenvalue weighted by Gasteiger charge is 2.21. The molecule has 0 aromatic heterocycles. The molecule has 20 heavy (non-hydrogen) atoms. The minimum absolute atomic E-state index is 0.181. The van der Waals surface area contributed by atoms with Crippen molar-refractivity contribution in [2.75, 3.05) is 24.6 Å². The van der Waals surface area contributed by atoms with Crippen LogP contribution in [0.25, 0.3) is 0 Å². The maximum absolute atomic E-state index is 12.4. The zero-order valence-corrected chi connectivity index (χ0v) is 13.4. The van der Waals surface area contributed by atoms with Crippen molar-refractivity contribution in [2.24, 2.45) is 22.7 Å². The van der Waals surface area contributed by atoms with E-state index in [2.05, 4.69) is 19.0 Å². The van der Waals surface area contributed by atoms with Gasteiger partial charge in [0.1, 0.15) is 5.84 Å². The molecule has 1 aliphatic heterocycles. The Morgan fingerprint density at radius 2 is 2.10 bits per heavy atom. The molecule has 0 aliphatic carbocycles. The maximum atomic E-state index is 12.4. The number of rotatable bonds is 7. The third-order valence-electron chi connectivity index (χ3n) is 3.51. The first-order valence-corrected chi connectivity index (χ1v) is 8.50. The fourth-order valence-corrected chi connectivity index (χ4v) is 3.59. The SMILES string of the molecule is CC(C)CN(CCC(N)=NO)C(=O)CC1CCSCC1. The predicted molar refractivity (Wildman–Crippen MR) is 84.1 cm³/mol. The first kappa shape index (κ1) is 17.1. The first-order valence-electron chi connectivity index (χ1n) is 7.34. The second-order valence-corrected chi connectivity index (χ2v) is 7.06. The Hall–Kier alpha value is -0.910. The third kappa shape index (κ3) is 6.50. The largest absolute Gasteiger partial charge is 0.409 e. The van der Waals surface area contributed by atoms with Gasteiger partial charge in [-0.3, -0.25) is 4.79 Å². The van der Waals surface area contributed by atoms with Gasteiger partial charge in [-0.1, -0.05) is 19.0 Å². The number of thioether (sulfide) groups is 1. The van der Waals surface area contributed by atoms with Crippen LogP contribution in [0, 0.1) is 11.8 Å². The average molecular weight is 301 g/mol. The van der Waals surface area contributed by atoms with E-state index in [0.29, 0.717) is 31.2 Å². The van der Waals surface area contributed by atoms with Gasteiger partial charge in [-0.15, -0.1) is 0 Å². The van der Waals surface area contributed by atoms with Gasteiger partial charge in [0.15, 0.2) is 0 Å². The smallest absolute Gasteiger partial charge is 0.222 e. The number of hydrogen-bond donors (Lipinski definition) is 2. The number of hydrogen-bond acceptors (Lipinski definition) is 4. The number of carbonyl (C=O) groups excluding carboxylic acids is 1. The predicted octanol–water partition coefficient (Wildman–Crippen LogP) is 2.14. The number of amidine groups is 1. The van der Waals surface area contributed by atoms with Crippen molar-refractivity contribution in [1.29, 1.82) is 0 Å². The zero-order valence-electron chi connectivity index (χ0n) is 12.5. The molecule has 0 atom stereocenters. The quantitative estimate of drug-likeness (QED) is 0.327. The molecule has 0 bridgehead atoms. The molecule has 0 aromatic carbocycles. The number of nitrogens with two attached hydrogens (primary N) is 1. The van der Waals surface area contributed by atoms with Crippen LogP contribution in [0.3, 0.4) is 0 Å². The van der Waals surface area contributed by atoms with Crippen LogP contribution in [0.1, 0.15) is 39.5 Å². The Balaban J connectivity index is 2.49. The van der Waals surface area contributed by atoms with E-state index in [4.69, 9.17) is 10.9 Å². The number of oxime groups is 1. The number of nitrogens with zero attached hydrogens (tertiary/aromatic N) is 2. The summed E-state index contributed by atoms with van der Waals surface area (Å²) in [7, 11) is 0. The molecule has 0 spiro atoms. The highest BCUT2D eigenvalue weighted by Crippen LogP contribution is 2.26. The first-order chi connectivity index (χ1) is 9.52. The molecule has 1 heterocycles. The second-order valence-electron chi connectivity index (χ2n) is 5.83. The van der Waals surface area contributed by atoms with Crippen LogP contribution in [0.4, 0.5) is 0 Å². The lowest BCUT2D eigenvalue weighted by molar-refractivity contribution is -0.132. The summed E-state index contributed by atoms with van der Waals surface area (Å²) in [4.78, 5) is 14.3. The molecule has 1 saturated heterocycles. The molecular formula is C14H27N3O2S. The molecule has 1 rings (SSSR count). The van der Waals surface area contributed by atoms with E-state index >= 15 is 0 Å².